The van der Waals surface area contributed by atoms with Crippen LogP contribution >= 0.6 is 11.8 Å². The van der Waals surface area contributed by atoms with E-state index >= 15 is 0 Å². The van der Waals surface area contributed by atoms with E-state index in [9.17, 15) is 9.90 Å². The van der Waals surface area contributed by atoms with Crippen LogP contribution in [0.4, 0.5) is 5.69 Å². The van der Waals surface area contributed by atoms with E-state index in [-0.39, 0.29) is 11.6 Å². The van der Waals surface area contributed by atoms with Gasteiger partial charge >= 0.3 is 0 Å². The minimum absolute atomic E-state index is 0.105. The second-order valence-corrected chi connectivity index (χ2v) is 7.98. The van der Waals surface area contributed by atoms with Crippen LogP contribution in [0.3, 0.4) is 0 Å². The van der Waals surface area contributed by atoms with Gasteiger partial charge < -0.3 is 14.7 Å². The van der Waals surface area contributed by atoms with Gasteiger partial charge in [0.1, 0.15) is 6.33 Å². The number of carbonyl (C=O) groups is 1. The predicted molar refractivity (Wildman–Crippen MR) is 115 cm³/mol. The van der Waals surface area contributed by atoms with Crippen molar-refractivity contribution in [3.63, 3.8) is 0 Å². The number of hydrogen-bond acceptors (Lipinski definition) is 6. The Hall–Kier alpha value is -3.46. The topological polar surface area (TPSA) is 109 Å². The highest BCUT2D eigenvalue weighted by Gasteiger charge is 2.14. The van der Waals surface area contributed by atoms with Gasteiger partial charge in [0.2, 0.25) is 5.88 Å². The van der Waals surface area contributed by atoms with Crippen LogP contribution < -0.4 is 0 Å². The molecule has 0 saturated carbocycles. The second kappa shape index (κ2) is 8.11. The number of aromatic hydroxyl groups is 1. The van der Waals surface area contributed by atoms with Crippen molar-refractivity contribution < 1.29 is 9.90 Å². The molecule has 2 aromatic heterocycles. The highest BCUT2D eigenvalue weighted by Crippen LogP contribution is 2.37. The summed E-state index contributed by atoms with van der Waals surface area (Å²) in [5, 5.41) is 27.5. The Balaban J connectivity index is 1.49. The number of nitrogens with zero attached hydrogens (tertiary/aromatic N) is 5. The number of thioether (sulfide) groups is 1. The lowest BCUT2D eigenvalue weighted by molar-refractivity contribution is 0.0995. The Morgan fingerprint density at radius 2 is 2.00 bits per heavy atom. The molecule has 0 aliphatic heterocycles. The van der Waals surface area contributed by atoms with Gasteiger partial charge in [0.25, 0.3) is 5.91 Å². The summed E-state index contributed by atoms with van der Waals surface area (Å²) in [5.41, 5.74) is 4.56. The van der Waals surface area contributed by atoms with Gasteiger partial charge in [0.15, 0.2) is 10.8 Å². The minimum atomic E-state index is -0.472. The van der Waals surface area contributed by atoms with Gasteiger partial charge in [-0.3, -0.25) is 4.79 Å². The molecule has 152 valence electrons. The van der Waals surface area contributed by atoms with Gasteiger partial charge in [-0.25, -0.2) is 0 Å². The van der Waals surface area contributed by atoms with Crippen LogP contribution in [0, 0.1) is 13.8 Å². The smallest absolute Gasteiger partial charge is 0.295 e. The minimum Gasteiger partial charge on any atom is -0.493 e. The molecule has 4 rings (SSSR count). The number of aromatic nitrogens is 4. The van der Waals surface area contributed by atoms with Crippen molar-refractivity contribution in [3.8, 4) is 5.88 Å². The number of rotatable bonds is 5. The molecule has 0 aliphatic rings. The maximum absolute atomic E-state index is 12.4. The summed E-state index contributed by atoms with van der Waals surface area (Å²) in [6.45, 7) is 3.91. The third-order valence-electron chi connectivity index (χ3n) is 4.68. The van der Waals surface area contributed by atoms with E-state index in [0.29, 0.717) is 11.3 Å². The SMILES string of the molecule is Cc1cc(C)c2[nH]c(O)c(N=NC(=O)c3ccc(CSc4nncn4C)cc3)c2c1. The molecular formula is C21H20N6O2S. The van der Waals surface area contributed by atoms with E-state index in [1.807, 2.05) is 49.7 Å². The quantitative estimate of drug-likeness (QED) is 0.355. The largest absolute Gasteiger partial charge is 0.493 e. The normalized spacial score (nSPS) is 11.6. The molecule has 9 heteroatoms. The molecule has 4 aromatic rings. The fraction of sp³-hybridized carbons (Fsp3) is 0.190. The number of nitrogens with one attached hydrogen (secondary N) is 1. The predicted octanol–water partition coefficient (Wildman–Crippen LogP) is 4.84. The molecule has 2 aromatic carbocycles. The van der Waals surface area contributed by atoms with Crippen LogP contribution in [0.2, 0.25) is 0 Å². The van der Waals surface area contributed by atoms with E-state index in [1.165, 1.54) is 0 Å². The molecule has 0 aliphatic carbocycles. The van der Waals surface area contributed by atoms with Crippen molar-refractivity contribution in [1.29, 1.82) is 0 Å². The Labute approximate surface area is 177 Å². The standard InChI is InChI=1S/C21H20N6O2S/c1-12-8-13(2)17-16(9-12)18(20(29)23-17)24-25-19(28)15-6-4-14(5-7-15)10-30-21-26-22-11-27(21)3/h4-9,11,23,29H,10H2,1-3H3. The van der Waals surface area contributed by atoms with Crippen molar-refractivity contribution in [1.82, 2.24) is 19.7 Å². The number of H-pyrrole nitrogens is 1. The Kier molecular flexibility index (Phi) is 5.37. The van der Waals surface area contributed by atoms with Crippen molar-refractivity contribution in [2.24, 2.45) is 17.3 Å². The van der Waals surface area contributed by atoms with Gasteiger partial charge in [0, 0.05) is 23.8 Å². The van der Waals surface area contributed by atoms with E-state index in [1.54, 1.807) is 30.2 Å². The van der Waals surface area contributed by atoms with Crippen molar-refractivity contribution in [3.05, 3.63) is 65.0 Å². The second-order valence-electron chi connectivity index (χ2n) is 7.04. The van der Waals surface area contributed by atoms with Gasteiger partial charge in [0.05, 0.1) is 5.52 Å². The molecule has 0 fully saturated rings. The molecule has 0 bridgehead atoms. The molecule has 1 amide bonds. The molecule has 0 unspecified atom stereocenters. The number of aryl methyl sites for hydroxylation is 3. The lowest BCUT2D eigenvalue weighted by Crippen LogP contribution is -1.94. The molecule has 0 radical (unpaired) electrons. The zero-order valence-electron chi connectivity index (χ0n) is 16.7. The first-order valence-electron chi connectivity index (χ1n) is 9.26. The number of aromatic amines is 1. The average Bonchev–Trinajstić information content (AvgIpc) is 3.27. The first-order chi connectivity index (χ1) is 14.4. The summed E-state index contributed by atoms with van der Waals surface area (Å²) in [7, 11) is 1.89. The highest BCUT2D eigenvalue weighted by atomic mass is 32.2. The number of amides is 1. The van der Waals surface area contributed by atoms with Crippen LogP contribution in [0.1, 0.15) is 27.0 Å². The van der Waals surface area contributed by atoms with Crippen LogP contribution in [0.15, 0.2) is 58.1 Å². The van der Waals surface area contributed by atoms with E-state index in [2.05, 4.69) is 25.4 Å². The lowest BCUT2D eigenvalue weighted by Gasteiger charge is -2.02. The van der Waals surface area contributed by atoms with Crippen LogP contribution in [-0.2, 0) is 12.8 Å². The van der Waals surface area contributed by atoms with Gasteiger partial charge in [-0.05, 0) is 43.2 Å². The Morgan fingerprint density at radius 1 is 1.23 bits per heavy atom. The van der Waals surface area contributed by atoms with Crippen LogP contribution in [-0.4, -0.2) is 30.8 Å². The van der Waals surface area contributed by atoms with Crippen molar-refractivity contribution in [2.75, 3.05) is 0 Å². The van der Waals surface area contributed by atoms with Crippen LogP contribution in [0.5, 0.6) is 5.88 Å². The fourth-order valence-corrected chi connectivity index (χ4v) is 4.02. The lowest BCUT2D eigenvalue weighted by atomic mass is 10.1. The molecular weight excluding hydrogens is 400 g/mol. The number of hydrogen-bond donors (Lipinski definition) is 2. The Bertz CT molecular complexity index is 1260. The molecule has 8 nitrogen and oxygen atoms in total. The summed E-state index contributed by atoms with van der Waals surface area (Å²) in [6, 6.07) is 11.1. The number of carbonyl (C=O) groups excluding carboxylic acids is 1. The van der Waals surface area contributed by atoms with E-state index in [0.717, 1.165) is 32.7 Å². The molecule has 30 heavy (non-hydrogen) atoms. The first kappa shape index (κ1) is 19.8. The maximum atomic E-state index is 12.4. The van der Waals surface area contributed by atoms with Crippen molar-refractivity contribution >= 4 is 34.3 Å². The van der Waals surface area contributed by atoms with Crippen molar-refractivity contribution in [2.45, 2.75) is 24.8 Å². The van der Waals surface area contributed by atoms with Gasteiger partial charge in [-0.15, -0.1) is 20.4 Å². The molecule has 0 saturated heterocycles. The number of azo groups is 1. The number of fused-ring (bicyclic) bond motifs is 1. The summed E-state index contributed by atoms with van der Waals surface area (Å²) >= 11 is 1.57. The molecule has 0 spiro atoms. The zero-order chi connectivity index (χ0) is 21.3. The summed E-state index contributed by atoms with van der Waals surface area (Å²) < 4.78 is 1.85. The average molecular weight is 420 g/mol. The number of benzene rings is 2. The van der Waals surface area contributed by atoms with E-state index < -0.39 is 5.91 Å². The highest BCUT2D eigenvalue weighted by molar-refractivity contribution is 7.98. The van der Waals surface area contributed by atoms with Gasteiger partial charge in [-0.2, -0.15) is 0 Å². The Morgan fingerprint density at radius 3 is 2.70 bits per heavy atom. The summed E-state index contributed by atoms with van der Waals surface area (Å²) in [4.78, 5) is 15.3. The first-order valence-corrected chi connectivity index (χ1v) is 10.2. The molecule has 2 N–H and O–H groups in total. The maximum Gasteiger partial charge on any atom is 0.295 e. The monoisotopic (exact) mass is 420 g/mol. The third-order valence-corrected chi connectivity index (χ3v) is 5.79. The third kappa shape index (κ3) is 3.97. The van der Waals surface area contributed by atoms with Crippen LogP contribution in [0.25, 0.3) is 10.9 Å². The zero-order valence-corrected chi connectivity index (χ0v) is 17.6. The van der Waals surface area contributed by atoms with Gasteiger partial charge in [-0.1, -0.05) is 35.5 Å². The molecule has 2 heterocycles. The fourth-order valence-electron chi connectivity index (χ4n) is 3.17. The molecule has 0 atom stereocenters. The summed E-state index contributed by atoms with van der Waals surface area (Å²) in [6.07, 6.45) is 1.66. The summed E-state index contributed by atoms with van der Waals surface area (Å²) in [5.74, 6) is 0.136. The van der Waals surface area contributed by atoms with E-state index in [4.69, 9.17) is 0 Å².